The summed E-state index contributed by atoms with van der Waals surface area (Å²) in [6.07, 6.45) is 6.54. The monoisotopic (exact) mass is 291 g/mol. The number of aromatic nitrogens is 1. The number of pyridine rings is 1. The third kappa shape index (κ3) is 2.94. The molecule has 1 atom stereocenters. The maximum absolute atomic E-state index is 12.8. The SMILES string of the molecule is COc1cnccc1C(=O)C1CCOC2(CCOCC2)C1. The van der Waals surface area contributed by atoms with Gasteiger partial charge in [-0.25, -0.2) is 0 Å². The molecule has 114 valence electrons. The highest BCUT2D eigenvalue weighted by Crippen LogP contribution is 2.38. The summed E-state index contributed by atoms with van der Waals surface area (Å²) in [5.74, 6) is 0.687. The van der Waals surface area contributed by atoms with Crippen molar-refractivity contribution in [1.29, 1.82) is 0 Å². The molecular formula is C16H21NO4. The van der Waals surface area contributed by atoms with Crippen LogP contribution in [0, 0.1) is 5.92 Å². The Bertz CT molecular complexity index is 505. The molecule has 1 aromatic rings. The van der Waals surface area contributed by atoms with Gasteiger partial charge in [0.05, 0.1) is 24.5 Å². The van der Waals surface area contributed by atoms with Crippen LogP contribution in [0.4, 0.5) is 0 Å². The third-order valence-corrected chi connectivity index (χ3v) is 4.54. The number of nitrogens with zero attached hydrogens (tertiary/aromatic N) is 1. The number of Topliss-reactive ketones (excluding diaryl/α,β-unsaturated/α-hetero) is 1. The number of methoxy groups -OCH3 is 1. The van der Waals surface area contributed by atoms with Crippen molar-refractivity contribution in [1.82, 2.24) is 4.98 Å². The van der Waals surface area contributed by atoms with Crippen LogP contribution in [0.3, 0.4) is 0 Å². The molecule has 2 fully saturated rings. The maximum Gasteiger partial charge on any atom is 0.169 e. The van der Waals surface area contributed by atoms with Crippen LogP contribution >= 0.6 is 0 Å². The first-order valence-electron chi connectivity index (χ1n) is 7.48. The van der Waals surface area contributed by atoms with Gasteiger partial charge in [0.25, 0.3) is 0 Å². The zero-order valence-corrected chi connectivity index (χ0v) is 12.3. The molecule has 1 aromatic heterocycles. The minimum atomic E-state index is -0.170. The smallest absolute Gasteiger partial charge is 0.169 e. The van der Waals surface area contributed by atoms with Gasteiger partial charge in [-0.2, -0.15) is 0 Å². The number of hydrogen-bond donors (Lipinski definition) is 0. The van der Waals surface area contributed by atoms with Gasteiger partial charge in [0.2, 0.25) is 0 Å². The van der Waals surface area contributed by atoms with Gasteiger partial charge in [-0.3, -0.25) is 9.78 Å². The van der Waals surface area contributed by atoms with Crippen molar-refractivity contribution in [3.63, 3.8) is 0 Å². The summed E-state index contributed by atoms with van der Waals surface area (Å²) < 4.78 is 16.7. The molecule has 0 radical (unpaired) electrons. The van der Waals surface area contributed by atoms with E-state index in [0.717, 1.165) is 38.9 Å². The van der Waals surface area contributed by atoms with E-state index in [9.17, 15) is 4.79 Å². The van der Waals surface area contributed by atoms with E-state index in [0.29, 0.717) is 17.9 Å². The van der Waals surface area contributed by atoms with Gasteiger partial charge in [0.1, 0.15) is 5.75 Å². The van der Waals surface area contributed by atoms with Crippen LogP contribution in [0.2, 0.25) is 0 Å². The Hall–Kier alpha value is -1.46. The fraction of sp³-hybridized carbons (Fsp3) is 0.625. The molecule has 2 saturated heterocycles. The molecule has 0 aromatic carbocycles. The number of ketones is 1. The second-order valence-electron chi connectivity index (χ2n) is 5.77. The highest BCUT2D eigenvalue weighted by molar-refractivity contribution is 6.00. The molecule has 2 aliphatic heterocycles. The fourth-order valence-corrected chi connectivity index (χ4v) is 3.31. The van der Waals surface area contributed by atoms with Crippen LogP contribution in [-0.4, -0.2) is 43.3 Å². The Morgan fingerprint density at radius 3 is 2.95 bits per heavy atom. The predicted octanol–water partition coefficient (Wildman–Crippen LogP) is 2.25. The van der Waals surface area contributed by atoms with Crippen molar-refractivity contribution in [3.05, 3.63) is 24.0 Å². The first-order chi connectivity index (χ1) is 10.2. The van der Waals surface area contributed by atoms with Crippen LogP contribution in [0.1, 0.15) is 36.0 Å². The average Bonchev–Trinajstić information content (AvgIpc) is 2.55. The molecule has 0 saturated carbocycles. The van der Waals surface area contributed by atoms with Crippen LogP contribution in [0.25, 0.3) is 0 Å². The largest absolute Gasteiger partial charge is 0.494 e. The van der Waals surface area contributed by atoms with Gasteiger partial charge >= 0.3 is 0 Å². The Morgan fingerprint density at radius 1 is 1.38 bits per heavy atom. The molecule has 5 nitrogen and oxygen atoms in total. The molecule has 2 aliphatic rings. The van der Waals surface area contributed by atoms with Crippen molar-refractivity contribution >= 4 is 5.78 Å². The molecule has 0 N–H and O–H groups in total. The minimum Gasteiger partial charge on any atom is -0.494 e. The van der Waals surface area contributed by atoms with Crippen LogP contribution in [-0.2, 0) is 9.47 Å². The van der Waals surface area contributed by atoms with Crippen molar-refractivity contribution < 1.29 is 19.0 Å². The normalized spacial score (nSPS) is 24.7. The molecule has 0 aliphatic carbocycles. The fourth-order valence-electron chi connectivity index (χ4n) is 3.31. The number of rotatable bonds is 3. The lowest BCUT2D eigenvalue weighted by atomic mass is 9.78. The lowest BCUT2D eigenvalue weighted by molar-refractivity contribution is -0.142. The van der Waals surface area contributed by atoms with E-state index >= 15 is 0 Å². The molecule has 0 bridgehead atoms. The third-order valence-electron chi connectivity index (χ3n) is 4.54. The second-order valence-corrected chi connectivity index (χ2v) is 5.77. The molecule has 3 heterocycles. The Balaban J connectivity index is 1.78. The molecule has 5 heteroatoms. The first-order valence-corrected chi connectivity index (χ1v) is 7.48. The first kappa shape index (κ1) is 14.5. The quantitative estimate of drug-likeness (QED) is 0.799. The standard InChI is InChI=1S/C16H21NO4/c1-19-14-11-17-6-2-13(14)15(18)12-3-7-21-16(10-12)4-8-20-9-5-16/h2,6,11-12H,3-5,7-10H2,1H3. The van der Waals surface area contributed by atoms with E-state index in [-0.39, 0.29) is 17.3 Å². The van der Waals surface area contributed by atoms with E-state index in [2.05, 4.69) is 4.98 Å². The molecule has 1 unspecified atom stereocenters. The van der Waals surface area contributed by atoms with Gasteiger partial charge in [-0.1, -0.05) is 0 Å². The predicted molar refractivity (Wildman–Crippen MR) is 76.6 cm³/mol. The summed E-state index contributed by atoms with van der Waals surface area (Å²) in [7, 11) is 1.57. The summed E-state index contributed by atoms with van der Waals surface area (Å²) in [6, 6.07) is 1.74. The van der Waals surface area contributed by atoms with E-state index in [1.165, 1.54) is 0 Å². The van der Waals surface area contributed by atoms with E-state index in [4.69, 9.17) is 14.2 Å². The Morgan fingerprint density at radius 2 is 2.19 bits per heavy atom. The van der Waals surface area contributed by atoms with Crippen LogP contribution in [0.15, 0.2) is 18.5 Å². The minimum absolute atomic E-state index is 0.00634. The zero-order valence-electron chi connectivity index (χ0n) is 12.3. The second kappa shape index (κ2) is 6.12. The molecule has 21 heavy (non-hydrogen) atoms. The Labute approximate surface area is 124 Å². The number of carbonyl (C=O) groups excluding carboxylic acids is 1. The zero-order chi connectivity index (χ0) is 14.7. The molecular weight excluding hydrogens is 270 g/mol. The number of carbonyl (C=O) groups is 1. The highest BCUT2D eigenvalue weighted by Gasteiger charge is 2.41. The Kier molecular flexibility index (Phi) is 4.22. The maximum atomic E-state index is 12.8. The summed E-state index contributed by atoms with van der Waals surface area (Å²) in [4.78, 5) is 16.8. The molecule has 0 amide bonds. The van der Waals surface area contributed by atoms with Gasteiger partial charge in [0, 0.05) is 31.9 Å². The van der Waals surface area contributed by atoms with Crippen LogP contribution in [0.5, 0.6) is 5.75 Å². The van der Waals surface area contributed by atoms with Crippen molar-refractivity contribution in [2.24, 2.45) is 5.92 Å². The molecule has 1 spiro atoms. The molecule has 3 rings (SSSR count). The van der Waals surface area contributed by atoms with E-state index in [1.54, 1.807) is 25.6 Å². The van der Waals surface area contributed by atoms with Gasteiger partial charge in [0.15, 0.2) is 5.78 Å². The summed E-state index contributed by atoms with van der Waals surface area (Å²) in [5.41, 5.74) is 0.457. The lowest BCUT2D eigenvalue weighted by Gasteiger charge is -2.42. The van der Waals surface area contributed by atoms with E-state index < -0.39 is 0 Å². The van der Waals surface area contributed by atoms with Crippen molar-refractivity contribution in [2.75, 3.05) is 26.9 Å². The number of ether oxygens (including phenoxy) is 3. The summed E-state index contributed by atoms with van der Waals surface area (Å²) in [6.45, 7) is 2.09. The van der Waals surface area contributed by atoms with Gasteiger partial charge in [-0.05, 0) is 31.7 Å². The lowest BCUT2D eigenvalue weighted by Crippen LogP contribution is -2.45. The van der Waals surface area contributed by atoms with Crippen molar-refractivity contribution in [2.45, 2.75) is 31.3 Å². The summed E-state index contributed by atoms with van der Waals surface area (Å²) >= 11 is 0. The average molecular weight is 291 g/mol. The van der Waals surface area contributed by atoms with Gasteiger partial charge in [-0.15, -0.1) is 0 Å². The summed E-state index contributed by atoms with van der Waals surface area (Å²) in [5, 5.41) is 0. The number of hydrogen-bond acceptors (Lipinski definition) is 5. The van der Waals surface area contributed by atoms with Gasteiger partial charge < -0.3 is 14.2 Å². The van der Waals surface area contributed by atoms with E-state index in [1.807, 2.05) is 0 Å². The highest BCUT2D eigenvalue weighted by atomic mass is 16.5. The van der Waals surface area contributed by atoms with Crippen molar-refractivity contribution in [3.8, 4) is 5.75 Å². The van der Waals surface area contributed by atoms with Crippen LogP contribution < -0.4 is 4.74 Å². The topological polar surface area (TPSA) is 57.7 Å².